The maximum absolute atomic E-state index is 11.7. The van der Waals surface area contributed by atoms with Crippen molar-refractivity contribution < 1.29 is 17.7 Å². The van der Waals surface area contributed by atoms with Gasteiger partial charge in [-0.2, -0.15) is 4.98 Å². The van der Waals surface area contributed by atoms with Gasteiger partial charge in [0.1, 0.15) is 0 Å². The molecule has 0 bridgehead atoms. The Morgan fingerprint density at radius 2 is 2.30 bits per heavy atom. The molecule has 3 heterocycles. The van der Waals surface area contributed by atoms with Crippen LogP contribution in [-0.2, 0) is 16.4 Å². The molecule has 1 saturated heterocycles. The van der Waals surface area contributed by atoms with E-state index in [1.54, 1.807) is 0 Å². The Morgan fingerprint density at radius 3 is 3.00 bits per heavy atom. The van der Waals surface area contributed by atoms with Gasteiger partial charge in [-0.1, -0.05) is 11.2 Å². The lowest BCUT2D eigenvalue weighted by Crippen LogP contribution is -2.38. The highest BCUT2D eigenvalue weighted by Crippen LogP contribution is 2.22. The second-order valence-corrected chi connectivity index (χ2v) is 8.50. The zero-order valence-corrected chi connectivity index (χ0v) is 13.8. The minimum absolute atomic E-state index is 0.0126. The van der Waals surface area contributed by atoms with Crippen LogP contribution in [0.1, 0.15) is 12.2 Å². The summed E-state index contributed by atoms with van der Waals surface area (Å²) in [6.07, 6.45) is 0.595. The van der Waals surface area contributed by atoms with Crippen LogP contribution in [0.3, 0.4) is 0 Å². The Labute approximate surface area is 137 Å². The number of sulfone groups is 1. The fraction of sp³-hybridized carbons (Fsp3) is 0.462. The number of nitrogens with one attached hydrogen (secondary N) is 2. The molecular weight excluding hydrogens is 340 g/mol. The van der Waals surface area contributed by atoms with Crippen LogP contribution in [0.5, 0.6) is 0 Å². The lowest BCUT2D eigenvalue weighted by atomic mass is 10.1. The number of carbonyl (C=O) groups is 1. The van der Waals surface area contributed by atoms with E-state index in [0.717, 1.165) is 4.88 Å². The molecule has 1 aliphatic rings. The van der Waals surface area contributed by atoms with Gasteiger partial charge in [-0.05, 0) is 23.8 Å². The van der Waals surface area contributed by atoms with E-state index in [-0.39, 0.29) is 30.0 Å². The fourth-order valence-corrected chi connectivity index (χ4v) is 4.82. The number of nitrogens with zero attached hydrogens (tertiary/aromatic N) is 2. The van der Waals surface area contributed by atoms with Crippen molar-refractivity contribution in [2.45, 2.75) is 13.0 Å². The molecule has 0 aliphatic carbocycles. The van der Waals surface area contributed by atoms with Crippen LogP contribution in [0.15, 0.2) is 22.0 Å². The van der Waals surface area contributed by atoms with Crippen LogP contribution in [0.4, 0.5) is 4.79 Å². The van der Waals surface area contributed by atoms with Gasteiger partial charge < -0.3 is 15.2 Å². The summed E-state index contributed by atoms with van der Waals surface area (Å²) in [7, 11) is -2.92. The number of aromatic nitrogens is 2. The van der Waals surface area contributed by atoms with E-state index in [9.17, 15) is 13.2 Å². The van der Waals surface area contributed by atoms with Crippen molar-refractivity contribution in [1.82, 2.24) is 20.8 Å². The predicted molar refractivity (Wildman–Crippen MR) is 84.6 cm³/mol. The first-order chi connectivity index (χ1) is 11.0. The van der Waals surface area contributed by atoms with Gasteiger partial charge in [-0.25, -0.2) is 13.2 Å². The second-order valence-electron chi connectivity index (χ2n) is 5.33. The van der Waals surface area contributed by atoms with E-state index < -0.39 is 9.84 Å². The van der Waals surface area contributed by atoms with Crippen LogP contribution < -0.4 is 10.6 Å². The Kier molecular flexibility index (Phi) is 4.62. The van der Waals surface area contributed by atoms with Crippen LogP contribution >= 0.6 is 11.3 Å². The third-order valence-electron chi connectivity index (χ3n) is 3.49. The molecule has 2 aromatic heterocycles. The van der Waals surface area contributed by atoms with Crippen molar-refractivity contribution in [3.8, 4) is 10.8 Å². The number of hydrogen-bond acceptors (Lipinski definition) is 7. The van der Waals surface area contributed by atoms with Crippen molar-refractivity contribution in [3.63, 3.8) is 0 Å². The first-order valence-corrected chi connectivity index (χ1v) is 9.80. The number of thiophene rings is 1. The summed E-state index contributed by atoms with van der Waals surface area (Å²) in [4.78, 5) is 16.8. The molecule has 8 nitrogen and oxygen atoms in total. The van der Waals surface area contributed by atoms with E-state index in [2.05, 4.69) is 20.8 Å². The number of carbonyl (C=O) groups excluding carboxylic acids is 1. The molecule has 3 rings (SSSR count). The van der Waals surface area contributed by atoms with Gasteiger partial charge in [-0.3, -0.25) is 0 Å². The molecule has 0 radical (unpaired) electrons. The highest BCUT2D eigenvalue weighted by atomic mass is 32.2. The molecule has 2 amide bonds. The zero-order valence-electron chi connectivity index (χ0n) is 12.2. The van der Waals surface area contributed by atoms with Crippen molar-refractivity contribution in [3.05, 3.63) is 23.3 Å². The average molecular weight is 356 g/mol. The topological polar surface area (TPSA) is 114 Å². The van der Waals surface area contributed by atoms with Crippen LogP contribution in [0.25, 0.3) is 10.8 Å². The Balaban J connectivity index is 1.43. The van der Waals surface area contributed by atoms with Gasteiger partial charge >= 0.3 is 6.03 Å². The molecular formula is C13H16N4O4S2. The molecule has 1 fully saturated rings. The van der Waals surface area contributed by atoms with Crippen molar-refractivity contribution in [2.75, 3.05) is 18.1 Å². The summed E-state index contributed by atoms with van der Waals surface area (Å²) in [5, 5.41) is 11.0. The van der Waals surface area contributed by atoms with E-state index >= 15 is 0 Å². The van der Waals surface area contributed by atoms with Gasteiger partial charge in [0.05, 0.1) is 22.9 Å². The summed E-state index contributed by atoms with van der Waals surface area (Å²) in [5.41, 5.74) is 0. The highest BCUT2D eigenvalue weighted by molar-refractivity contribution is 7.91. The van der Waals surface area contributed by atoms with Crippen molar-refractivity contribution in [2.24, 2.45) is 5.92 Å². The maximum Gasteiger partial charge on any atom is 0.315 e. The molecule has 2 aromatic rings. The molecule has 10 heteroatoms. The largest absolute Gasteiger partial charge is 0.338 e. The van der Waals surface area contributed by atoms with Gasteiger partial charge in [0.25, 0.3) is 5.89 Å². The van der Waals surface area contributed by atoms with Gasteiger partial charge in [0.2, 0.25) is 0 Å². The first-order valence-electron chi connectivity index (χ1n) is 7.10. The first kappa shape index (κ1) is 15.9. The van der Waals surface area contributed by atoms with E-state index in [4.69, 9.17) is 4.52 Å². The molecule has 23 heavy (non-hydrogen) atoms. The van der Waals surface area contributed by atoms with Crippen LogP contribution in [-0.4, -0.2) is 42.6 Å². The number of hydrogen-bond donors (Lipinski definition) is 2. The smallest absolute Gasteiger partial charge is 0.315 e. The van der Waals surface area contributed by atoms with E-state index in [0.29, 0.717) is 24.7 Å². The summed E-state index contributed by atoms with van der Waals surface area (Å²) in [5.74, 6) is 1.14. The average Bonchev–Trinajstić information content (AvgIpc) is 3.23. The summed E-state index contributed by atoms with van der Waals surface area (Å²) >= 11 is 1.49. The molecule has 0 aromatic carbocycles. The molecule has 1 unspecified atom stereocenters. The Morgan fingerprint density at radius 1 is 1.43 bits per heavy atom. The predicted octanol–water partition coefficient (Wildman–Crippen LogP) is 1.03. The molecule has 1 atom stereocenters. The van der Waals surface area contributed by atoms with E-state index in [1.807, 2.05) is 17.5 Å². The third kappa shape index (κ3) is 4.29. The minimum atomic E-state index is -2.92. The summed E-state index contributed by atoms with van der Waals surface area (Å²) in [6.45, 7) is 0.488. The number of urea groups is 1. The Bertz CT molecular complexity index is 770. The SMILES string of the molecule is O=C(NCc1noc(-c2cccs2)n1)NCC1CCS(=O)(=O)C1. The number of rotatable bonds is 5. The minimum Gasteiger partial charge on any atom is -0.338 e. The molecule has 2 N–H and O–H groups in total. The van der Waals surface area contributed by atoms with Crippen LogP contribution in [0, 0.1) is 5.92 Å². The fourth-order valence-electron chi connectivity index (χ4n) is 2.32. The monoisotopic (exact) mass is 356 g/mol. The van der Waals surface area contributed by atoms with Gasteiger partial charge in [0, 0.05) is 6.54 Å². The van der Waals surface area contributed by atoms with Gasteiger partial charge in [0.15, 0.2) is 15.7 Å². The highest BCUT2D eigenvalue weighted by Gasteiger charge is 2.27. The standard InChI is InChI=1S/C13H16N4O4S2/c18-13(14-6-9-3-5-23(19,20)8-9)15-7-11-16-12(21-17-11)10-2-1-4-22-10/h1-2,4,9H,3,5-8H2,(H2,14,15,18). The lowest BCUT2D eigenvalue weighted by Gasteiger charge is -2.09. The molecule has 124 valence electrons. The Hall–Kier alpha value is -1.94. The maximum atomic E-state index is 11.7. The van der Waals surface area contributed by atoms with Crippen LogP contribution in [0.2, 0.25) is 0 Å². The normalized spacial score (nSPS) is 19.6. The van der Waals surface area contributed by atoms with Crippen molar-refractivity contribution >= 4 is 27.2 Å². The van der Waals surface area contributed by atoms with Crippen molar-refractivity contribution in [1.29, 1.82) is 0 Å². The summed E-state index contributed by atoms with van der Waals surface area (Å²) in [6, 6.07) is 3.38. The molecule has 0 saturated carbocycles. The summed E-state index contributed by atoms with van der Waals surface area (Å²) < 4.78 is 27.8. The molecule has 1 aliphatic heterocycles. The van der Waals surface area contributed by atoms with Gasteiger partial charge in [-0.15, -0.1) is 11.3 Å². The second kappa shape index (κ2) is 6.67. The third-order valence-corrected chi connectivity index (χ3v) is 6.18. The zero-order chi connectivity index (χ0) is 16.3. The molecule has 0 spiro atoms. The lowest BCUT2D eigenvalue weighted by molar-refractivity contribution is 0.238. The quantitative estimate of drug-likeness (QED) is 0.827. The number of amides is 2. The van der Waals surface area contributed by atoms with E-state index in [1.165, 1.54) is 11.3 Å².